The summed E-state index contributed by atoms with van der Waals surface area (Å²) in [5.74, 6) is -2.91. The third kappa shape index (κ3) is 4.09. The molecule has 10 heteroatoms. The summed E-state index contributed by atoms with van der Waals surface area (Å²) < 4.78 is 4.99. The van der Waals surface area contributed by atoms with E-state index in [4.69, 9.17) is 21.3 Å². The molecule has 1 aliphatic rings. The summed E-state index contributed by atoms with van der Waals surface area (Å²) in [6, 6.07) is -1.97. The van der Waals surface area contributed by atoms with Gasteiger partial charge in [0.25, 0.3) is 0 Å². The van der Waals surface area contributed by atoms with E-state index in [1.54, 1.807) is 0 Å². The van der Waals surface area contributed by atoms with E-state index in [-0.39, 0.29) is 19.8 Å². The Labute approximate surface area is 114 Å². The second kappa shape index (κ2) is 6.70. The Balaban J connectivity index is 2.87. The first-order valence-electron chi connectivity index (χ1n) is 5.75. The molecular weight excluding hydrogens is 272 g/mol. The summed E-state index contributed by atoms with van der Waals surface area (Å²) in [7, 11) is 0. The van der Waals surface area contributed by atoms with E-state index in [9.17, 15) is 19.2 Å². The first-order chi connectivity index (χ1) is 9.32. The van der Waals surface area contributed by atoms with Gasteiger partial charge in [-0.25, -0.2) is 9.59 Å². The monoisotopic (exact) mass is 288 g/mol. The van der Waals surface area contributed by atoms with E-state index in [1.807, 2.05) is 0 Å². The minimum absolute atomic E-state index is 0.0316. The van der Waals surface area contributed by atoms with Crippen LogP contribution in [-0.4, -0.2) is 77.6 Å². The van der Waals surface area contributed by atoms with E-state index >= 15 is 0 Å². The van der Waals surface area contributed by atoms with E-state index < -0.39 is 42.9 Å². The van der Waals surface area contributed by atoms with Gasteiger partial charge in [-0.15, -0.1) is 0 Å². The molecule has 0 radical (unpaired) electrons. The van der Waals surface area contributed by atoms with Crippen molar-refractivity contribution in [1.29, 1.82) is 0 Å². The van der Waals surface area contributed by atoms with Gasteiger partial charge >= 0.3 is 12.0 Å². The van der Waals surface area contributed by atoms with Gasteiger partial charge in [0.1, 0.15) is 13.1 Å². The minimum atomic E-state index is -1.24. The van der Waals surface area contributed by atoms with Crippen molar-refractivity contribution in [3.8, 4) is 0 Å². The number of carbonyl (C=O) groups excluding carboxylic acids is 3. The first-order valence-corrected chi connectivity index (χ1v) is 5.75. The molecule has 0 aromatic carbocycles. The zero-order chi connectivity index (χ0) is 15.3. The number of hydrogen-bond acceptors (Lipinski definition) is 5. The van der Waals surface area contributed by atoms with Crippen LogP contribution in [0.2, 0.25) is 0 Å². The van der Waals surface area contributed by atoms with Crippen LogP contribution in [-0.2, 0) is 19.1 Å². The highest BCUT2D eigenvalue weighted by Crippen LogP contribution is 2.10. The SMILES string of the molecule is NC(=O)CN(CC(N)=O)C(=O)N1CCOCC1C(=O)O. The molecule has 1 heterocycles. The number of rotatable bonds is 5. The summed E-state index contributed by atoms with van der Waals surface area (Å²) >= 11 is 0. The van der Waals surface area contributed by atoms with Crippen molar-refractivity contribution in [2.75, 3.05) is 32.8 Å². The Bertz CT molecular complexity index is 410. The summed E-state index contributed by atoms with van der Waals surface area (Å²) in [5.41, 5.74) is 9.97. The number of amides is 4. The molecule has 1 unspecified atom stereocenters. The molecule has 0 spiro atoms. The van der Waals surface area contributed by atoms with Crippen molar-refractivity contribution in [1.82, 2.24) is 9.80 Å². The van der Waals surface area contributed by atoms with Crippen molar-refractivity contribution >= 4 is 23.8 Å². The van der Waals surface area contributed by atoms with Crippen molar-refractivity contribution in [2.45, 2.75) is 6.04 Å². The highest BCUT2D eigenvalue weighted by atomic mass is 16.5. The number of hydrogen-bond donors (Lipinski definition) is 3. The lowest BCUT2D eigenvalue weighted by molar-refractivity contribution is -0.147. The normalized spacial score (nSPS) is 18.4. The van der Waals surface area contributed by atoms with Gasteiger partial charge in [0.15, 0.2) is 6.04 Å². The zero-order valence-corrected chi connectivity index (χ0v) is 10.7. The number of carboxylic acids is 1. The zero-order valence-electron chi connectivity index (χ0n) is 10.7. The Morgan fingerprint density at radius 1 is 1.20 bits per heavy atom. The Hall–Kier alpha value is -2.36. The molecule has 1 saturated heterocycles. The molecule has 5 N–H and O–H groups in total. The molecule has 0 aromatic heterocycles. The molecule has 0 aromatic rings. The topological polar surface area (TPSA) is 156 Å². The molecule has 112 valence electrons. The largest absolute Gasteiger partial charge is 0.480 e. The molecule has 20 heavy (non-hydrogen) atoms. The summed E-state index contributed by atoms with van der Waals surface area (Å²) in [6.07, 6.45) is 0. The molecule has 0 bridgehead atoms. The summed E-state index contributed by atoms with van der Waals surface area (Å²) in [6.45, 7) is -1.01. The second-order valence-corrected chi connectivity index (χ2v) is 4.19. The fraction of sp³-hybridized carbons (Fsp3) is 0.600. The summed E-state index contributed by atoms with van der Waals surface area (Å²) in [5, 5.41) is 9.03. The van der Waals surface area contributed by atoms with Gasteiger partial charge in [-0.05, 0) is 0 Å². The number of morpholine rings is 1. The minimum Gasteiger partial charge on any atom is -0.480 e. The lowest BCUT2D eigenvalue weighted by Crippen LogP contribution is -2.58. The maximum absolute atomic E-state index is 12.2. The van der Waals surface area contributed by atoms with Crippen LogP contribution in [0.25, 0.3) is 0 Å². The molecule has 0 saturated carbocycles. The third-order valence-electron chi connectivity index (χ3n) is 2.62. The number of primary amides is 2. The molecule has 1 atom stereocenters. The number of carboxylic acid groups (broad SMARTS) is 1. The van der Waals surface area contributed by atoms with Crippen molar-refractivity contribution < 1.29 is 29.0 Å². The number of carbonyl (C=O) groups is 4. The van der Waals surface area contributed by atoms with Crippen LogP contribution in [0.5, 0.6) is 0 Å². The van der Waals surface area contributed by atoms with Gasteiger partial charge < -0.3 is 31.1 Å². The van der Waals surface area contributed by atoms with Gasteiger partial charge in [0.05, 0.1) is 13.2 Å². The predicted molar refractivity (Wildman–Crippen MR) is 64.3 cm³/mol. The van der Waals surface area contributed by atoms with Gasteiger partial charge in [-0.1, -0.05) is 0 Å². The van der Waals surface area contributed by atoms with E-state index in [2.05, 4.69) is 0 Å². The molecule has 10 nitrogen and oxygen atoms in total. The fourth-order valence-electron chi connectivity index (χ4n) is 1.79. The van der Waals surface area contributed by atoms with Crippen LogP contribution >= 0.6 is 0 Å². The van der Waals surface area contributed by atoms with Gasteiger partial charge in [-0.3, -0.25) is 9.59 Å². The van der Waals surface area contributed by atoms with E-state index in [1.165, 1.54) is 0 Å². The molecule has 1 aliphatic heterocycles. The van der Waals surface area contributed by atoms with Crippen LogP contribution in [0.4, 0.5) is 4.79 Å². The molecule has 1 fully saturated rings. The van der Waals surface area contributed by atoms with Crippen LogP contribution in [0.15, 0.2) is 0 Å². The number of nitrogens with two attached hydrogens (primary N) is 2. The average Bonchev–Trinajstić information content (AvgIpc) is 2.36. The van der Waals surface area contributed by atoms with Crippen LogP contribution in [0.1, 0.15) is 0 Å². The standard InChI is InChI=1S/C10H16N4O6/c11-7(15)3-13(4-8(12)16)10(19)14-1-2-20-5-6(14)9(17)18/h6H,1-5H2,(H2,11,15)(H2,12,16)(H,17,18). The molecule has 1 rings (SSSR count). The van der Waals surface area contributed by atoms with Crippen LogP contribution in [0, 0.1) is 0 Å². The van der Waals surface area contributed by atoms with Crippen molar-refractivity contribution in [2.24, 2.45) is 11.5 Å². The predicted octanol–water partition coefficient (Wildman–Crippen LogP) is -2.84. The quantitative estimate of drug-likeness (QED) is 0.494. The number of aliphatic carboxylic acids is 1. The van der Waals surface area contributed by atoms with E-state index in [0.717, 1.165) is 9.80 Å². The smallest absolute Gasteiger partial charge is 0.328 e. The highest BCUT2D eigenvalue weighted by Gasteiger charge is 2.35. The first kappa shape index (κ1) is 15.7. The van der Waals surface area contributed by atoms with Gasteiger partial charge in [0, 0.05) is 6.54 Å². The average molecular weight is 288 g/mol. The van der Waals surface area contributed by atoms with Crippen molar-refractivity contribution in [3.05, 3.63) is 0 Å². The Morgan fingerprint density at radius 3 is 2.20 bits per heavy atom. The molecular formula is C10H16N4O6. The Kier molecular flexibility index (Phi) is 5.26. The van der Waals surface area contributed by atoms with Gasteiger partial charge in [-0.2, -0.15) is 0 Å². The molecule has 0 aliphatic carbocycles. The van der Waals surface area contributed by atoms with Gasteiger partial charge in [0.2, 0.25) is 11.8 Å². The molecule has 4 amide bonds. The summed E-state index contributed by atoms with van der Waals surface area (Å²) in [4.78, 5) is 46.9. The van der Waals surface area contributed by atoms with Crippen LogP contribution in [0.3, 0.4) is 0 Å². The van der Waals surface area contributed by atoms with Crippen LogP contribution < -0.4 is 11.5 Å². The lowest BCUT2D eigenvalue weighted by Gasteiger charge is -2.36. The number of ether oxygens (including phenoxy) is 1. The number of urea groups is 1. The maximum atomic E-state index is 12.2. The fourth-order valence-corrected chi connectivity index (χ4v) is 1.79. The number of nitrogens with zero attached hydrogens (tertiary/aromatic N) is 2. The highest BCUT2D eigenvalue weighted by molar-refractivity contribution is 5.89. The van der Waals surface area contributed by atoms with E-state index in [0.29, 0.717) is 0 Å². The Morgan fingerprint density at radius 2 is 1.75 bits per heavy atom. The maximum Gasteiger partial charge on any atom is 0.328 e. The second-order valence-electron chi connectivity index (χ2n) is 4.19. The lowest BCUT2D eigenvalue weighted by atomic mass is 10.2. The third-order valence-corrected chi connectivity index (χ3v) is 2.62. The van der Waals surface area contributed by atoms with Crippen molar-refractivity contribution in [3.63, 3.8) is 0 Å².